The van der Waals surface area contributed by atoms with Gasteiger partial charge in [0.1, 0.15) is 11.3 Å². The van der Waals surface area contributed by atoms with Crippen molar-refractivity contribution in [1.29, 1.82) is 0 Å². The van der Waals surface area contributed by atoms with E-state index in [0.717, 1.165) is 37.8 Å². The van der Waals surface area contributed by atoms with Crippen molar-refractivity contribution in [3.63, 3.8) is 0 Å². The second-order valence-corrected chi connectivity index (χ2v) is 13.6. The molecule has 6 N–H and O–H groups in total. The fraction of sp³-hybridized carbons (Fsp3) is 0.697. The van der Waals surface area contributed by atoms with E-state index < -0.39 is 11.6 Å². The number of amides is 3. The zero-order valence-electron chi connectivity index (χ0n) is 25.9. The topological polar surface area (TPSA) is 152 Å². The molecule has 1 heterocycles. The number of nitrogens with two attached hydrogens (primary N) is 2. The summed E-state index contributed by atoms with van der Waals surface area (Å²) in [6.07, 6.45) is 9.91. The summed E-state index contributed by atoms with van der Waals surface area (Å²) in [5, 5.41) is 6.36. The van der Waals surface area contributed by atoms with E-state index in [2.05, 4.69) is 15.6 Å². The van der Waals surface area contributed by atoms with Crippen LogP contribution in [0.25, 0.3) is 0 Å². The molecule has 1 aliphatic heterocycles. The molecule has 10 nitrogen and oxygen atoms in total. The van der Waals surface area contributed by atoms with E-state index in [1.54, 1.807) is 7.11 Å². The number of benzene rings is 1. The first-order valence-corrected chi connectivity index (χ1v) is 16.2. The predicted molar refractivity (Wildman–Crippen MR) is 166 cm³/mol. The van der Waals surface area contributed by atoms with Crippen LogP contribution in [-0.2, 0) is 20.8 Å². The molecule has 1 aromatic rings. The summed E-state index contributed by atoms with van der Waals surface area (Å²) in [6.45, 7) is 3.33. The number of imide groups is 1. The number of hydrogen-bond donors (Lipinski definition) is 4. The summed E-state index contributed by atoms with van der Waals surface area (Å²) in [5.74, 6) is 1.96. The summed E-state index contributed by atoms with van der Waals surface area (Å²) in [4.78, 5) is 48.9. The molecule has 10 heteroatoms. The van der Waals surface area contributed by atoms with Crippen molar-refractivity contribution < 1.29 is 19.1 Å². The molecule has 43 heavy (non-hydrogen) atoms. The number of carbonyl (C=O) groups excluding carboxylic acids is 3. The molecular formula is C33H50N6O4. The highest BCUT2D eigenvalue weighted by Crippen LogP contribution is 2.61. The van der Waals surface area contributed by atoms with E-state index >= 15 is 0 Å². The summed E-state index contributed by atoms with van der Waals surface area (Å²) in [5.41, 5.74) is 10.3. The van der Waals surface area contributed by atoms with Crippen LogP contribution in [0.4, 0.5) is 0 Å². The molecule has 2 atom stereocenters. The smallest absolute Gasteiger partial charge is 0.247 e. The summed E-state index contributed by atoms with van der Waals surface area (Å²) >= 11 is 0. The molecule has 0 unspecified atom stereocenters. The number of nitrogens with one attached hydrogen (secondary N) is 2. The van der Waals surface area contributed by atoms with Crippen molar-refractivity contribution in [3.05, 3.63) is 29.8 Å². The summed E-state index contributed by atoms with van der Waals surface area (Å²) in [6, 6.07) is 7.05. The van der Waals surface area contributed by atoms with Crippen molar-refractivity contribution in [1.82, 2.24) is 15.5 Å². The van der Waals surface area contributed by atoms with Crippen LogP contribution in [0.2, 0.25) is 0 Å². The molecule has 1 aromatic carbocycles. The van der Waals surface area contributed by atoms with E-state index in [4.69, 9.17) is 16.2 Å². The van der Waals surface area contributed by atoms with E-state index in [0.29, 0.717) is 62.3 Å². The highest BCUT2D eigenvalue weighted by Gasteiger charge is 2.55. The van der Waals surface area contributed by atoms with Gasteiger partial charge in [0.2, 0.25) is 17.7 Å². The van der Waals surface area contributed by atoms with Crippen molar-refractivity contribution in [3.8, 4) is 5.75 Å². The third kappa shape index (κ3) is 6.84. The van der Waals surface area contributed by atoms with Crippen LogP contribution in [0, 0.1) is 23.2 Å². The Kier molecular flexibility index (Phi) is 9.63. The van der Waals surface area contributed by atoms with Crippen LogP contribution < -0.4 is 26.8 Å². The summed E-state index contributed by atoms with van der Waals surface area (Å²) in [7, 11) is 1.61. The van der Waals surface area contributed by atoms with Gasteiger partial charge in [-0.25, -0.2) is 0 Å². The highest BCUT2D eigenvalue weighted by atomic mass is 16.5. The Bertz CT molecular complexity index is 1150. The van der Waals surface area contributed by atoms with Crippen LogP contribution in [0.1, 0.15) is 83.1 Å². The standard InChI is InChI=1S/C33H50N6O4/c1-3-33(20-22-7-9-26(43-2)10-8-22,30(42)37-12-5-13-38-31(34)35)39(29(41)27-6-4-11-36-27)28(40)21-32-17-23-14-24(18-32)16-25(15-23)19-32/h7-10,23-25,27,36H,3-6,11-21H2,1-2H3,(H,37,42)(H4,34,35,38)/t23?,24?,25?,27-,32?,33-/m0/s1. The van der Waals surface area contributed by atoms with Crippen molar-refractivity contribution in [2.45, 2.75) is 95.6 Å². The third-order valence-corrected chi connectivity index (χ3v) is 10.5. The molecule has 4 saturated carbocycles. The van der Waals surface area contributed by atoms with E-state index in [-0.39, 0.29) is 35.5 Å². The number of guanidine groups is 1. The molecule has 4 aliphatic carbocycles. The monoisotopic (exact) mass is 594 g/mol. The van der Waals surface area contributed by atoms with Gasteiger partial charge >= 0.3 is 0 Å². The largest absolute Gasteiger partial charge is 0.497 e. The first-order chi connectivity index (χ1) is 20.7. The second kappa shape index (κ2) is 13.2. The fourth-order valence-electron chi connectivity index (χ4n) is 8.97. The minimum absolute atomic E-state index is 0.00449. The van der Waals surface area contributed by atoms with Crippen LogP contribution in [-0.4, -0.2) is 66.9 Å². The molecule has 5 aliphatic rings. The van der Waals surface area contributed by atoms with Crippen molar-refractivity contribution >= 4 is 23.7 Å². The van der Waals surface area contributed by atoms with Crippen LogP contribution >= 0.6 is 0 Å². The Morgan fingerprint density at radius 3 is 2.28 bits per heavy atom. The van der Waals surface area contributed by atoms with Gasteiger partial charge in [0.25, 0.3) is 0 Å². The first kappa shape index (κ1) is 31.3. The molecule has 5 fully saturated rings. The van der Waals surface area contributed by atoms with Gasteiger partial charge in [0.05, 0.1) is 13.2 Å². The Labute approximate surface area is 255 Å². The Balaban J connectivity index is 1.48. The number of methoxy groups -OCH3 is 1. The number of rotatable bonds is 13. The van der Waals surface area contributed by atoms with Gasteiger partial charge in [-0.15, -0.1) is 0 Å². The number of carbonyl (C=O) groups is 3. The average Bonchev–Trinajstić information content (AvgIpc) is 3.51. The molecule has 1 saturated heterocycles. The Morgan fingerprint density at radius 1 is 1.09 bits per heavy atom. The molecule has 0 radical (unpaired) electrons. The quantitative estimate of drug-likeness (QED) is 0.156. The second-order valence-electron chi connectivity index (χ2n) is 13.6. The third-order valence-electron chi connectivity index (χ3n) is 10.5. The van der Waals surface area contributed by atoms with Crippen LogP contribution in [0.15, 0.2) is 29.3 Å². The lowest BCUT2D eigenvalue weighted by molar-refractivity contribution is -0.164. The van der Waals surface area contributed by atoms with Crippen molar-refractivity contribution in [2.75, 3.05) is 26.7 Å². The normalized spacial score (nSPS) is 28.6. The first-order valence-electron chi connectivity index (χ1n) is 16.2. The van der Waals surface area contributed by atoms with Gasteiger partial charge in [-0.3, -0.25) is 24.3 Å². The fourth-order valence-corrected chi connectivity index (χ4v) is 8.97. The maximum absolute atomic E-state index is 14.7. The maximum Gasteiger partial charge on any atom is 0.247 e. The minimum atomic E-state index is -1.38. The lowest BCUT2D eigenvalue weighted by atomic mass is 9.49. The van der Waals surface area contributed by atoms with Gasteiger partial charge in [0, 0.05) is 25.9 Å². The minimum Gasteiger partial charge on any atom is -0.497 e. The predicted octanol–water partition coefficient (Wildman–Crippen LogP) is 2.88. The molecule has 236 valence electrons. The lowest BCUT2D eigenvalue weighted by Crippen LogP contribution is -2.66. The van der Waals surface area contributed by atoms with Gasteiger partial charge in [0.15, 0.2) is 5.96 Å². The zero-order valence-corrected chi connectivity index (χ0v) is 25.9. The molecule has 4 bridgehead atoms. The van der Waals surface area contributed by atoms with E-state index in [1.165, 1.54) is 24.2 Å². The number of nitrogens with zero attached hydrogens (tertiary/aromatic N) is 2. The molecule has 0 spiro atoms. The van der Waals surface area contributed by atoms with Gasteiger partial charge in [-0.2, -0.15) is 0 Å². The zero-order chi connectivity index (χ0) is 30.6. The van der Waals surface area contributed by atoms with Gasteiger partial charge < -0.3 is 26.8 Å². The van der Waals surface area contributed by atoms with Gasteiger partial charge in [-0.05, 0) is 112 Å². The number of aliphatic imine (C=N–C) groups is 1. The Morgan fingerprint density at radius 2 is 1.74 bits per heavy atom. The Hall–Kier alpha value is -3.14. The van der Waals surface area contributed by atoms with E-state index in [9.17, 15) is 14.4 Å². The summed E-state index contributed by atoms with van der Waals surface area (Å²) < 4.78 is 5.36. The average molecular weight is 595 g/mol. The highest BCUT2D eigenvalue weighted by molar-refractivity contribution is 6.04. The SMILES string of the molecule is CC[C@](Cc1ccc(OC)cc1)(C(=O)NCCCN=C(N)N)N(C(=O)CC12CC3CC(CC(C3)C1)C2)C(=O)[C@@H]1CCCN1. The van der Waals surface area contributed by atoms with E-state index in [1.807, 2.05) is 31.2 Å². The molecule has 6 rings (SSSR count). The van der Waals surface area contributed by atoms with Gasteiger partial charge in [-0.1, -0.05) is 19.1 Å². The maximum atomic E-state index is 14.7. The number of ether oxygens (including phenoxy) is 1. The van der Waals surface area contributed by atoms with Crippen LogP contribution in [0.3, 0.4) is 0 Å². The number of hydrogen-bond acceptors (Lipinski definition) is 6. The molecule has 3 amide bonds. The van der Waals surface area contributed by atoms with Crippen molar-refractivity contribution in [2.24, 2.45) is 39.6 Å². The lowest BCUT2D eigenvalue weighted by Gasteiger charge is -2.57. The molecule has 0 aromatic heterocycles. The molecular weight excluding hydrogens is 544 g/mol. The van der Waals surface area contributed by atoms with Crippen LogP contribution in [0.5, 0.6) is 5.75 Å².